The van der Waals surface area contributed by atoms with Gasteiger partial charge in [-0.05, 0) is 50.6 Å². The van der Waals surface area contributed by atoms with Gasteiger partial charge in [0.1, 0.15) is 11.4 Å². The molecular formula is C18H27ClFN3O3. The van der Waals surface area contributed by atoms with Crippen LogP contribution in [-0.2, 0) is 20.9 Å². The molecule has 0 radical (unpaired) electrons. The van der Waals surface area contributed by atoms with Crippen LogP contribution >= 0.6 is 12.4 Å². The average molecular weight is 388 g/mol. The van der Waals surface area contributed by atoms with Crippen LogP contribution in [0.4, 0.5) is 4.39 Å². The summed E-state index contributed by atoms with van der Waals surface area (Å²) >= 11 is 0. The second-order valence-electron chi connectivity index (χ2n) is 6.17. The van der Waals surface area contributed by atoms with E-state index in [2.05, 4.69) is 10.6 Å². The standard InChI is InChI=1S/C18H26FN3O3.ClH/c1-3-22(17(24)18(25-2)8-10-20-11-9-18)13-16(23)21-12-14-4-6-15(19)7-5-14;/h4-7,20H,3,8-13H2,1-2H3,(H,21,23);1H. The van der Waals surface area contributed by atoms with Crippen LogP contribution in [0.5, 0.6) is 0 Å². The van der Waals surface area contributed by atoms with Crippen molar-refractivity contribution in [2.24, 2.45) is 0 Å². The van der Waals surface area contributed by atoms with Gasteiger partial charge in [0.25, 0.3) is 5.91 Å². The van der Waals surface area contributed by atoms with E-state index in [1.54, 1.807) is 19.2 Å². The maximum Gasteiger partial charge on any atom is 0.255 e. The van der Waals surface area contributed by atoms with Gasteiger partial charge < -0.3 is 20.3 Å². The molecule has 0 bridgehead atoms. The number of hydrogen-bond donors (Lipinski definition) is 2. The highest BCUT2D eigenvalue weighted by Gasteiger charge is 2.42. The van der Waals surface area contributed by atoms with Crippen LogP contribution in [0.1, 0.15) is 25.3 Å². The second kappa shape index (κ2) is 10.4. The zero-order valence-electron chi connectivity index (χ0n) is 15.2. The Bertz CT molecular complexity index is 592. The molecule has 1 aliphatic rings. The maximum absolute atomic E-state index is 12.9. The molecule has 146 valence electrons. The van der Waals surface area contributed by atoms with Crippen LogP contribution < -0.4 is 10.6 Å². The van der Waals surface area contributed by atoms with Gasteiger partial charge in [-0.3, -0.25) is 9.59 Å². The van der Waals surface area contributed by atoms with Crippen molar-refractivity contribution < 1.29 is 18.7 Å². The van der Waals surface area contributed by atoms with Crippen LogP contribution in [0.15, 0.2) is 24.3 Å². The molecule has 1 aromatic rings. The van der Waals surface area contributed by atoms with Crippen molar-refractivity contribution in [3.05, 3.63) is 35.6 Å². The molecule has 1 aromatic carbocycles. The summed E-state index contributed by atoms with van der Waals surface area (Å²) in [6, 6.07) is 5.94. The molecule has 1 saturated heterocycles. The highest BCUT2D eigenvalue weighted by molar-refractivity contribution is 5.89. The monoisotopic (exact) mass is 387 g/mol. The Morgan fingerprint density at radius 2 is 1.88 bits per heavy atom. The van der Waals surface area contributed by atoms with E-state index in [4.69, 9.17) is 4.74 Å². The van der Waals surface area contributed by atoms with Gasteiger partial charge in [0.05, 0.1) is 6.54 Å². The number of likely N-dealkylation sites (N-methyl/N-ethyl adjacent to an activating group) is 1. The van der Waals surface area contributed by atoms with Crippen molar-refractivity contribution in [2.75, 3.05) is 33.3 Å². The lowest BCUT2D eigenvalue weighted by Gasteiger charge is -2.38. The second-order valence-corrected chi connectivity index (χ2v) is 6.17. The van der Waals surface area contributed by atoms with Crippen LogP contribution in [0.3, 0.4) is 0 Å². The summed E-state index contributed by atoms with van der Waals surface area (Å²) in [5.74, 6) is -0.708. The van der Waals surface area contributed by atoms with Gasteiger partial charge in [-0.25, -0.2) is 4.39 Å². The van der Waals surface area contributed by atoms with Crippen molar-refractivity contribution in [1.82, 2.24) is 15.5 Å². The molecule has 1 heterocycles. The number of amides is 2. The summed E-state index contributed by atoms with van der Waals surface area (Å²) in [7, 11) is 1.55. The van der Waals surface area contributed by atoms with Gasteiger partial charge in [0.2, 0.25) is 5.91 Å². The lowest BCUT2D eigenvalue weighted by Crippen LogP contribution is -2.56. The minimum atomic E-state index is -0.849. The van der Waals surface area contributed by atoms with Crippen LogP contribution in [-0.4, -0.2) is 55.6 Å². The van der Waals surface area contributed by atoms with E-state index in [1.165, 1.54) is 17.0 Å². The molecule has 0 saturated carbocycles. The van der Waals surface area contributed by atoms with Gasteiger partial charge in [-0.1, -0.05) is 12.1 Å². The molecule has 2 rings (SSSR count). The fourth-order valence-corrected chi connectivity index (χ4v) is 2.98. The molecule has 0 aromatic heterocycles. The summed E-state index contributed by atoms with van der Waals surface area (Å²) in [6.45, 7) is 3.98. The van der Waals surface area contributed by atoms with Crippen LogP contribution in [0.25, 0.3) is 0 Å². The number of carbonyl (C=O) groups excluding carboxylic acids is 2. The van der Waals surface area contributed by atoms with E-state index in [-0.39, 0.29) is 36.6 Å². The first-order valence-corrected chi connectivity index (χ1v) is 8.57. The van der Waals surface area contributed by atoms with Crippen molar-refractivity contribution in [2.45, 2.75) is 31.9 Å². The van der Waals surface area contributed by atoms with Gasteiger partial charge in [-0.2, -0.15) is 0 Å². The Hall–Kier alpha value is -1.70. The molecule has 6 nitrogen and oxygen atoms in total. The number of nitrogens with zero attached hydrogens (tertiary/aromatic N) is 1. The topological polar surface area (TPSA) is 70.7 Å². The van der Waals surface area contributed by atoms with Gasteiger partial charge in [0.15, 0.2) is 0 Å². The largest absolute Gasteiger partial charge is 0.368 e. The SMILES string of the molecule is CCN(CC(=O)NCc1ccc(F)cc1)C(=O)C1(OC)CCNCC1.Cl. The van der Waals surface area contributed by atoms with E-state index in [0.717, 1.165) is 5.56 Å². The van der Waals surface area contributed by atoms with E-state index in [9.17, 15) is 14.0 Å². The van der Waals surface area contributed by atoms with Crippen molar-refractivity contribution in [1.29, 1.82) is 0 Å². The molecule has 0 unspecified atom stereocenters. The first-order chi connectivity index (χ1) is 12.0. The first-order valence-electron chi connectivity index (χ1n) is 8.57. The molecule has 0 aliphatic carbocycles. The van der Waals surface area contributed by atoms with Crippen LogP contribution in [0.2, 0.25) is 0 Å². The quantitative estimate of drug-likeness (QED) is 0.743. The number of ether oxygens (including phenoxy) is 1. The molecule has 0 spiro atoms. The highest BCUT2D eigenvalue weighted by Crippen LogP contribution is 2.25. The summed E-state index contributed by atoms with van der Waals surface area (Å²) in [5, 5.41) is 5.98. The Kier molecular flexibility index (Phi) is 8.98. The van der Waals surface area contributed by atoms with Crippen molar-refractivity contribution in [3.8, 4) is 0 Å². The lowest BCUT2D eigenvalue weighted by atomic mass is 9.90. The minimum absolute atomic E-state index is 0. The molecule has 8 heteroatoms. The zero-order chi connectivity index (χ0) is 18.3. The average Bonchev–Trinajstić information content (AvgIpc) is 2.65. The summed E-state index contributed by atoms with van der Waals surface area (Å²) in [6.07, 6.45) is 1.19. The maximum atomic E-state index is 12.9. The third kappa shape index (κ3) is 5.65. The third-order valence-corrected chi connectivity index (χ3v) is 4.60. The van der Waals surface area contributed by atoms with Crippen LogP contribution in [0, 0.1) is 5.82 Å². The number of nitrogens with one attached hydrogen (secondary N) is 2. The highest BCUT2D eigenvalue weighted by atomic mass is 35.5. The number of benzene rings is 1. The van der Waals surface area contributed by atoms with Gasteiger partial charge >= 0.3 is 0 Å². The Morgan fingerprint density at radius 1 is 1.27 bits per heavy atom. The fraction of sp³-hybridized carbons (Fsp3) is 0.556. The third-order valence-electron chi connectivity index (χ3n) is 4.60. The number of piperidine rings is 1. The van der Waals surface area contributed by atoms with Gasteiger partial charge in [0, 0.05) is 20.2 Å². The zero-order valence-corrected chi connectivity index (χ0v) is 16.0. The van der Waals surface area contributed by atoms with Crippen molar-refractivity contribution >= 4 is 24.2 Å². The lowest BCUT2D eigenvalue weighted by molar-refractivity contribution is -0.159. The Labute approximate surface area is 159 Å². The number of methoxy groups -OCH3 is 1. The predicted molar refractivity (Wildman–Crippen MR) is 99.6 cm³/mol. The summed E-state index contributed by atoms with van der Waals surface area (Å²) in [4.78, 5) is 26.6. The minimum Gasteiger partial charge on any atom is -0.368 e. The molecule has 1 fully saturated rings. The van der Waals surface area contributed by atoms with E-state index < -0.39 is 5.60 Å². The molecule has 2 amide bonds. The van der Waals surface area contributed by atoms with Gasteiger partial charge in [-0.15, -0.1) is 12.4 Å². The normalized spacial score (nSPS) is 15.7. The van der Waals surface area contributed by atoms with E-state index >= 15 is 0 Å². The molecule has 26 heavy (non-hydrogen) atoms. The first kappa shape index (κ1) is 22.3. The predicted octanol–water partition coefficient (Wildman–Crippen LogP) is 1.48. The smallest absolute Gasteiger partial charge is 0.255 e. The van der Waals surface area contributed by atoms with E-state index in [1.807, 2.05) is 6.92 Å². The summed E-state index contributed by atoms with van der Waals surface area (Å²) in [5.41, 5.74) is -0.0470. The number of hydrogen-bond acceptors (Lipinski definition) is 4. The Morgan fingerprint density at radius 3 is 2.42 bits per heavy atom. The number of rotatable bonds is 7. The number of carbonyl (C=O) groups is 2. The van der Waals surface area contributed by atoms with E-state index in [0.29, 0.717) is 39.0 Å². The molecule has 2 N–H and O–H groups in total. The summed E-state index contributed by atoms with van der Waals surface area (Å²) < 4.78 is 18.4. The molecule has 1 aliphatic heterocycles. The molecule has 0 atom stereocenters. The Balaban J connectivity index is 0.00000338. The fourth-order valence-electron chi connectivity index (χ4n) is 2.98. The van der Waals surface area contributed by atoms with Crippen molar-refractivity contribution in [3.63, 3.8) is 0 Å². The number of halogens is 2. The molecular weight excluding hydrogens is 361 g/mol.